The van der Waals surface area contributed by atoms with E-state index in [1.807, 2.05) is 6.26 Å². The highest BCUT2D eigenvalue weighted by atomic mass is 32.2. The quantitative estimate of drug-likeness (QED) is 0.733. The first-order valence-corrected chi connectivity index (χ1v) is 5.89. The minimum Gasteiger partial charge on any atom is -0.480 e. The van der Waals surface area contributed by atoms with Gasteiger partial charge in [-0.15, -0.1) is 0 Å². The molecule has 2 N–H and O–H groups in total. The van der Waals surface area contributed by atoms with Crippen molar-refractivity contribution in [2.24, 2.45) is 0 Å². The van der Waals surface area contributed by atoms with Crippen molar-refractivity contribution < 1.29 is 14.7 Å². The number of carboxylic acid groups (broad SMARTS) is 1. The van der Waals surface area contributed by atoms with Crippen LogP contribution >= 0.6 is 11.8 Å². The Morgan fingerprint density at radius 3 is 2.36 bits per heavy atom. The number of carbonyl (C=O) groups excluding carboxylic acids is 1. The van der Waals surface area contributed by atoms with Crippen LogP contribution in [0.5, 0.6) is 0 Å². The van der Waals surface area contributed by atoms with Crippen molar-refractivity contribution in [3.8, 4) is 0 Å². The lowest BCUT2D eigenvalue weighted by Gasteiger charge is -2.38. The molecule has 0 aromatic rings. The predicted molar refractivity (Wildman–Crippen MR) is 55.3 cm³/mol. The molecule has 0 aliphatic heterocycles. The van der Waals surface area contributed by atoms with Crippen LogP contribution in [0.3, 0.4) is 0 Å². The molecule has 14 heavy (non-hydrogen) atoms. The first-order valence-electron chi connectivity index (χ1n) is 4.60. The summed E-state index contributed by atoms with van der Waals surface area (Å²) in [4.78, 5) is 22.4. The molecule has 4 nitrogen and oxygen atoms in total. The smallest absolute Gasteiger partial charge is 0.329 e. The van der Waals surface area contributed by atoms with Gasteiger partial charge in [-0.3, -0.25) is 4.79 Å². The van der Waals surface area contributed by atoms with Gasteiger partial charge in [-0.25, -0.2) is 4.79 Å². The van der Waals surface area contributed by atoms with Crippen molar-refractivity contribution in [1.82, 2.24) is 5.32 Å². The molecular weight excluding hydrogens is 202 g/mol. The second-order valence-electron chi connectivity index (χ2n) is 3.61. The van der Waals surface area contributed by atoms with Crippen LogP contribution in [0.2, 0.25) is 0 Å². The van der Waals surface area contributed by atoms with Gasteiger partial charge in [0, 0.05) is 0 Å². The Morgan fingerprint density at radius 2 is 2.07 bits per heavy atom. The van der Waals surface area contributed by atoms with Gasteiger partial charge < -0.3 is 10.4 Å². The molecule has 0 aromatic heterocycles. The molecule has 1 saturated carbocycles. The van der Waals surface area contributed by atoms with Crippen LogP contribution in [0.4, 0.5) is 0 Å². The summed E-state index contributed by atoms with van der Waals surface area (Å²) in [5.74, 6) is -1.09. The van der Waals surface area contributed by atoms with Crippen molar-refractivity contribution in [3.63, 3.8) is 0 Å². The van der Waals surface area contributed by atoms with Crippen LogP contribution in [-0.2, 0) is 9.59 Å². The summed E-state index contributed by atoms with van der Waals surface area (Å²) in [5.41, 5.74) is -0.971. The molecule has 1 atom stereocenters. The van der Waals surface area contributed by atoms with E-state index in [1.165, 1.54) is 11.8 Å². The third-order valence-corrected chi connectivity index (χ3v) is 3.62. The van der Waals surface area contributed by atoms with E-state index in [-0.39, 0.29) is 11.2 Å². The summed E-state index contributed by atoms with van der Waals surface area (Å²) < 4.78 is 0. The number of hydrogen-bond donors (Lipinski definition) is 2. The van der Waals surface area contributed by atoms with Crippen molar-refractivity contribution in [1.29, 1.82) is 0 Å². The highest BCUT2D eigenvalue weighted by molar-refractivity contribution is 7.99. The maximum atomic E-state index is 11.5. The third kappa shape index (κ3) is 2.03. The van der Waals surface area contributed by atoms with Crippen LogP contribution in [0.1, 0.15) is 26.2 Å². The Hall–Kier alpha value is -0.710. The molecule has 1 aliphatic rings. The minimum absolute atomic E-state index is 0.181. The zero-order valence-corrected chi connectivity index (χ0v) is 9.19. The fourth-order valence-electron chi connectivity index (χ4n) is 1.37. The normalized spacial score (nSPS) is 20.7. The van der Waals surface area contributed by atoms with Crippen LogP contribution in [-0.4, -0.2) is 34.0 Å². The summed E-state index contributed by atoms with van der Waals surface area (Å²) in [6.45, 7) is 1.77. The number of carbonyl (C=O) groups is 2. The monoisotopic (exact) mass is 217 g/mol. The van der Waals surface area contributed by atoms with Crippen molar-refractivity contribution in [2.75, 3.05) is 6.26 Å². The van der Waals surface area contributed by atoms with Crippen LogP contribution in [0.15, 0.2) is 0 Å². The fraction of sp³-hybridized carbons (Fsp3) is 0.778. The average molecular weight is 217 g/mol. The summed E-state index contributed by atoms with van der Waals surface area (Å²) in [6.07, 6.45) is 3.81. The van der Waals surface area contributed by atoms with Gasteiger partial charge in [0.2, 0.25) is 5.91 Å². The van der Waals surface area contributed by atoms with E-state index in [1.54, 1.807) is 6.92 Å². The highest BCUT2D eigenvalue weighted by Gasteiger charge is 2.46. The van der Waals surface area contributed by atoms with E-state index >= 15 is 0 Å². The van der Waals surface area contributed by atoms with Gasteiger partial charge in [0.1, 0.15) is 5.54 Å². The lowest BCUT2D eigenvalue weighted by Crippen LogP contribution is -2.60. The molecule has 0 heterocycles. The molecule has 1 unspecified atom stereocenters. The van der Waals surface area contributed by atoms with Crippen molar-refractivity contribution in [2.45, 2.75) is 37.0 Å². The zero-order chi connectivity index (χ0) is 10.8. The molecule has 0 saturated heterocycles. The fourth-order valence-corrected chi connectivity index (χ4v) is 1.64. The Morgan fingerprint density at radius 1 is 1.50 bits per heavy atom. The summed E-state index contributed by atoms with van der Waals surface area (Å²) in [7, 11) is 0. The van der Waals surface area contributed by atoms with Gasteiger partial charge in [-0.2, -0.15) is 11.8 Å². The first-order chi connectivity index (χ1) is 6.52. The molecule has 0 aromatic carbocycles. The van der Waals surface area contributed by atoms with Gasteiger partial charge >= 0.3 is 5.97 Å². The number of rotatable bonds is 4. The highest BCUT2D eigenvalue weighted by Crippen LogP contribution is 2.32. The molecule has 0 bridgehead atoms. The van der Waals surface area contributed by atoms with E-state index in [9.17, 15) is 9.59 Å². The Kier molecular flexibility index (Phi) is 3.42. The zero-order valence-electron chi connectivity index (χ0n) is 8.37. The number of thioether (sulfide) groups is 1. The number of carboxylic acids is 1. The molecule has 1 aliphatic carbocycles. The molecule has 1 rings (SSSR count). The molecule has 1 fully saturated rings. The van der Waals surface area contributed by atoms with Crippen molar-refractivity contribution >= 4 is 23.6 Å². The van der Waals surface area contributed by atoms with E-state index in [4.69, 9.17) is 5.11 Å². The van der Waals surface area contributed by atoms with Gasteiger partial charge in [-0.1, -0.05) is 0 Å². The summed E-state index contributed by atoms with van der Waals surface area (Å²) in [5, 5.41) is 11.4. The lowest BCUT2D eigenvalue weighted by molar-refractivity contribution is -0.151. The number of aliphatic carboxylic acids is 1. The second-order valence-corrected chi connectivity index (χ2v) is 4.79. The second kappa shape index (κ2) is 4.21. The largest absolute Gasteiger partial charge is 0.480 e. The standard InChI is InChI=1S/C9H15NO3S/c1-6(14-2)7(11)10-9(8(12)13)4-3-5-9/h6H,3-5H2,1-2H3,(H,10,11)(H,12,13). The van der Waals surface area contributed by atoms with Crippen LogP contribution in [0, 0.1) is 0 Å². The molecule has 0 radical (unpaired) electrons. The van der Waals surface area contributed by atoms with Gasteiger partial charge in [0.15, 0.2) is 0 Å². The first kappa shape index (κ1) is 11.4. The molecule has 5 heteroatoms. The molecule has 1 amide bonds. The van der Waals surface area contributed by atoms with Crippen LogP contribution < -0.4 is 5.32 Å². The number of amides is 1. The maximum absolute atomic E-state index is 11.5. The Bertz CT molecular complexity index is 250. The summed E-state index contributed by atoms with van der Waals surface area (Å²) >= 11 is 1.41. The molecule has 0 spiro atoms. The average Bonchev–Trinajstić information content (AvgIpc) is 2.08. The minimum atomic E-state index is -0.971. The van der Waals surface area contributed by atoms with Gasteiger partial charge in [0.05, 0.1) is 5.25 Å². The topological polar surface area (TPSA) is 66.4 Å². The summed E-state index contributed by atoms with van der Waals surface area (Å²) in [6, 6.07) is 0. The Labute approximate surface area is 87.4 Å². The van der Waals surface area contributed by atoms with Crippen LogP contribution in [0.25, 0.3) is 0 Å². The Balaban J connectivity index is 2.57. The number of nitrogens with one attached hydrogen (secondary N) is 1. The molecular formula is C9H15NO3S. The van der Waals surface area contributed by atoms with E-state index in [0.717, 1.165) is 6.42 Å². The molecule has 80 valence electrons. The lowest BCUT2D eigenvalue weighted by atomic mass is 9.76. The van der Waals surface area contributed by atoms with Crippen molar-refractivity contribution in [3.05, 3.63) is 0 Å². The van der Waals surface area contributed by atoms with Gasteiger partial charge in [0.25, 0.3) is 0 Å². The van der Waals surface area contributed by atoms with E-state index < -0.39 is 11.5 Å². The van der Waals surface area contributed by atoms with E-state index in [2.05, 4.69) is 5.32 Å². The maximum Gasteiger partial charge on any atom is 0.329 e. The SMILES string of the molecule is CSC(C)C(=O)NC1(C(=O)O)CCC1. The number of hydrogen-bond acceptors (Lipinski definition) is 3. The predicted octanol–water partition coefficient (Wildman–Crippen LogP) is 0.861. The van der Waals surface area contributed by atoms with E-state index in [0.29, 0.717) is 12.8 Å². The third-order valence-electron chi connectivity index (χ3n) is 2.70. The van der Waals surface area contributed by atoms with Gasteiger partial charge in [-0.05, 0) is 32.4 Å².